The average molecular weight is 505 g/mol. The molecular formula is C24H52O5Si3. The summed E-state index contributed by atoms with van der Waals surface area (Å²) < 4.78 is 33.0. The Labute approximate surface area is 201 Å². The first-order valence-corrected chi connectivity index (χ1v) is 21.0. The Kier molecular flexibility index (Phi) is 7.92. The lowest BCUT2D eigenvalue weighted by atomic mass is 10.0. The lowest BCUT2D eigenvalue weighted by Crippen LogP contribution is -2.61. The summed E-state index contributed by atoms with van der Waals surface area (Å²) in [5.74, 6) is 0. The largest absolute Gasteiger partial charge is 0.414 e. The van der Waals surface area contributed by atoms with E-state index in [4.69, 9.17) is 22.8 Å². The van der Waals surface area contributed by atoms with Gasteiger partial charge >= 0.3 is 0 Å². The molecule has 5 atom stereocenters. The molecule has 32 heavy (non-hydrogen) atoms. The number of epoxide rings is 1. The molecular weight excluding hydrogens is 453 g/mol. The van der Waals surface area contributed by atoms with E-state index >= 15 is 0 Å². The maximum atomic E-state index is 7.04. The summed E-state index contributed by atoms with van der Waals surface area (Å²) in [4.78, 5) is 0. The number of fused-ring (bicyclic) bond motifs is 1. The minimum absolute atomic E-state index is 0.0389. The second-order valence-electron chi connectivity index (χ2n) is 14.4. The molecule has 2 heterocycles. The van der Waals surface area contributed by atoms with Crippen LogP contribution >= 0.6 is 0 Å². The van der Waals surface area contributed by atoms with Crippen LogP contribution in [0.4, 0.5) is 0 Å². The van der Waals surface area contributed by atoms with Gasteiger partial charge in [0.2, 0.25) is 0 Å². The first kappa shape index (κ1) is 28.7. The zero-order chi connectivity index (χ0) is 25.1. The highest BCUT2D eigenvalue weighted by Gasteiger charge is 2.61. The van der Waals surface area contributed by atoms with Crippen molar-refractivity contribution in [3.8, 4) is 0 Å². The summed E-state index contributed by atoms with van der Waals surface area (Å²) in [7, 11) is -6.00. The van der Waals surface area contributed by atoms with Crippen molar-refractivity contribution >= 4 is 25.0 Å². The summed E-state index contributed by atoms with van der Waals surface area (Å²) in [5, 5.41) is 0.359. The van der Waals surface area contributed by atoms with Crippen molar-refractivity contribution in [3.05, 3.63) is 0 Å². The molecule has 2 aliphatic heterocycles. The van der Waals surface area contributed by atoms with Crippen LogP contribution in [-0.4, -0.2) is 62.3 Å². The second-order valence-corrected chi connectivity index (χ2v) is 28.7. The van der Waals surface area contributed by atoms with E-state index < -0.39 is 25.0 Å². The van der Waals surface area contributed by atoms with Crippen LogP contribution in [0.5, 0.6) is 0 Å². The smallest absolute Gasteiger partial charge is 0.192 e. The molecule has 0 radical (unpaired) electrons. The SMILES string of the molecule is CC(C)(C)[Si](C)(C)OC[C@H]1O[C@@H]2O[C@@H]2C(O[Si](C)(C)C(C)(C)C)C1O[Si](C)(C)C(C)(C)C. The van der Waals surface area contributed by atoms with E-state index in [0.717, 1.165) is 0 Å². The molecule has 0 aromatic rings. The van der Waals surface area contributed by atoms with E-state index in [-0.39, 0.29) is 45.8 Å². The molecule has 0 N–H and O–H groups in total. The highest BCUT2D eigenvalue weighted by molar-refractivity contribution is 6.75. The standard InChI is InChI=1S/C24H52O5Si3/c1-22(2,3)30(10,11)25-16-17-18(28-31(12,13)23(4,5)6)19(20-21(26-17)27-20)29-32(14,15)24(7,8)9/h17-21H,16H2,1-15H3/t17-,18?,19?,20-,21-/m1/s1. The Morgan fingerprint density at radius 3 is 1.41 bits per heavy atom. The molecule has 8 heteroatoms. The van der Waals surface area contributed by atoms with Crippen LogP contribution < -0.4 is 0 Å². The molecule has 0 aromatic carbocycles. The van der Waals surface area contributed by atoms with Gasteiger partial charge in [-0.3, -0.25) is 0 Å². The van der Waals surface area contributed by atoms with Gasteiger partial charge < -0.3 is 22.8 Å². The molecule has 0 spiro atoms. The van der Waals surface area contributed by atoms with Gasteiger partial charge in [0.25, 0.3) is 0 Å². The van der Waals surface area contributed by atoms with Gasteiger partial charge in [-0.05, 0) is 54.4 Å². The molecule has 5 nitrogen and oxygen atoms in total. The highest BCUT2D eigenvalue weighted by Crippen LogP contribution is 2.47. The van der Waals surface area contributed by atoms with Crippen molar-refractivity contribution in [1.29, 1.82) is 0 Å². The molecule has 0 saturated carbocycles. The molecule has 2 aliphatic rings. The lowest BCUT2D eigenvalue weighted by molar-refractivity contribution is -0.133. The van der Waals surface area contributed by atoms with Gasteiger partial charge in [-0.25, -0.2) is 0 Å². The summed E-state index contributed by atoms with van der Waals surface area (Å²) in [6.07, 6.45) is -0.716. The summed E-state index contributed by atoms with van der Waals surface area (Å²) in [6.45, 7) is 34.9. The van der Waals surface area contributed by atoms with Crippen molar-refractivity contribution < 1.29 is 22.8 Å². The maximum absolute atomic E-state index is 7.04. The average Bonchev–Trinajstić information content (AvgIpc) is 3.31. The van der Waals surface area contributed by atoms with Gasteiger partial charge in [-0.15, -0.1) is 0 Å². The number of hydrogen-bond acceptors (Lipinski definition) is 5. The fourth-order valence-corrected chi connectivity index (χ4v) is 6.69. The molecule has 0 aliphatic carbocycles. The zero-order valence-corrected chi connectivity index (χ0v) is 26.6. The third-order valence-electron chi connectivity index (χ3n) is 8.69. The van der Waals surface area contributed by atoms with Crippen LogP contribution in [0.2, 0.25) is 54.4 Å². The lowest BCUT2D eigenvalue weighted by Gasteiger charge is -2.48. The minimum Gasteiger partial charge on any atom is -0.414 e. The van der Waals surface area contributed by atoms with Gasteiger partial charge in [-0.1, -0.05) is 62.3 Å². The van der Waals surface area contributed by atoms with E-state index in [2.05, 4.69) is 102 Å². The summed E-state index contributed by atoms with van der Waals surface area (Å²) in [5.41, 5.74) is 0. The maximum Gasteiger partial charge on any atom is 0.192 e. The van der Waals surface area contributed by atoms with E-state index in [0.29, 0.717) is 6.61 Å². The topological polar surface area (TPSA) is 49.5 Å². The van der Waals surface area contributed by atoms with E-state index in [1.54, 1.807) is 0 Å². The normalized spacial score (nSPS) is 30.3. The molecule has 0 aromatic heterocycles. The predicted molar refractivity (Wildman–Crippen MR) is 141 cm³/mol. The summed E-state index contributed by atoms with van der Waals surface area (Å²) >= 11 is 0. The van der Waals surface area contributed by atoms with Gasteiger partial charge in [0, 0.05) is 0 Å². The van der Waals surface area contributed by atoms with Crippen LogP contribution in [0, 0.1) is 0 Å². The second kappa shape index (κ2) is 8.84. The molecule has 2 unspecified atom stereocenters. The quantitative estimate of drug-likeness (QED) is 0.278. The Morgan fingerprint density at radius 1 is 0.594 bits per heavy atom. The number of rotatable bonds is 7. The van der Waals surface area contributed by atoms with E-state index in [1.807, 2.05) is 0 Å². The molecule has 0 amide bonds. The van der Waals surface area contributed by atoms with Crippen molar-refractivity contribution in [3.63, 3.8) is 0 Å². The van der Waals surface area contributed by atoms with Crippen LogP contribution in [0.25, 0.3) is 0 Å². The first-order chi connectivity index (χ1) is 14.0. The van der Waals surface area contributed by atoms with Gasteiger partial charge in [-0.2, -0.15) is 0 Å². The van der Waals surface area contributed by atoms with Crippen LogP contribution in [0.1, 0.15) is 62.3 Å². The Morgan fingerprint density at radius 2 is 1.00 bits per heavy atom. The van der Waals surface area contributed by atoms with E-state index in [9.17, 15) is 0 Å². The third-order valence-corrected chi connectivity index (χ3v) is 22.1. The Balaban J connectivity index is 2.35. The molecule has 2 saturated heterocycles. The first-order valence-electron chi connectivity index (χ1n) is 12.3. The predicted octanol–water partition coefficient (Wildman–Crippen LogP) is 6.91. The Bertz CT molecular complexity index is 658. The Hall–Kier alpha value is 0.451. The van der Waals surface area contributed by atoms with E-state index in [1.165, 1.54) is 0 Å². The van der Waals surface area contributed by atoms with Crippen LogP contribution in [-0.2, 0) is 22.8 Å². The zero-order valence-electron chi connectivity index (χ0n) is 23.6. The molecule has 2 rings (SSSR count). The number of hydrogen-bond donors (Lipinski definition) is 0. The molecule has 2 fully saturated rings. The van der Waals surface area contributed by atoms with Gasteiger partial charge in [0.05, 0.1) is 6.61 Å². The monoisotopic (exact) mass is 504 g/mol. The molecule has 0 bridgehead atoms. The van der Waals surface area contributed by atoms with Gasteiger partial charge in [0.1, 0.15) is 24.4 Å². The van der Waals surface area contributed by atoms with Crippen LogP contribution in [0.3, 0.4) is 0 Å². The molecule has 190 valence electrons. The van der Waals surface area contributed by atoms with Crippen molar-refractivity contribution in [2.75, 3.05) is 6.61 Å². The number of ether oxygens (including phenoxy) is 2. The minimum atomic E-state index is -2.06. The summed E-state index contributed by atoms with van der Waals surface area (Å²) in [6, 6.07) is 0. The van der Waals surface area contributed by atoms with Crippen molar-refractivity contribution in [1.82, 2.24) is 0 Å². The highest BCUT2D eigenvalue weighted by atomic mass is 28.4. The fourth-order valence-electron chi connectivity index (χ4n) is 3.05. The van der Waals surface area contributed by atoms with Crippen molar-refractivity contribution in [2.45, 2.75) is 147 Å². The fraction of sp³-hybridized carbons (Fsp3) is 1.00. The van der Waals surface area contributed by atoms with Crippen LogP contribution in [0.15, 0.2) is 0 Å². The van der Waals surface area contributed by atoms with Gasteiger partial charge in [0.15, 0.2) is 31.2 Å². The van der Waals surface area contributed by atoms with Crippen molar-refractivity contribution in [2.24, 2.45) is 0 Å². The third kappa shape index (κ3) is 6.17.